The second-order valence-corrected chi connectivity index (χ2v) is 4.64. The van der Waals surface area contributed by atoms with Gasteiger partial charge in [0.25, 0.3) is 0 Å². The van der Waals surface area contributed by atoms with Crippen LogP contribution in [0.1, 0.15) is 16.8 Å². The topological polar surface area (TPSA) is 56.9 Å². The summed E-state index contributed by atoms with van der Waals surface area (Å²) < 4.78 is 0. The highest BCUT2D eigenvalue weighted by Crippen LogP contribution is 2.24. The lowest BCUT2D eigenvalue weighted by molar-refractivity contribution is 0.467. The van der Waals surface area contributed by atoms with Crippen LogP contribution in [0.2, 0.25) is 0 Å². The minimum atomic E-state index is 0.186. The standard InChI is InChI=1S/C17H12N2O/c18-11-13-6-7-14-10-17(20)16(19-15(14)9-13)8-12-4-2-1-3-5-12/h1-7,9-10,20H,8H2. The van der Waals surface area contributed by atoms with E-state index in [1.807, 2.05) is 30.3 Å². The van der Waals surface area contributed by atoms with Crippen molar-refractivity contribution in [2.45, 2.75) is 6.42 Å². The van der Waals surface area contributed by atoms with E-state index < -0.39 is 0 Å². The average molecular weight is 260 g/mol. The molecule has 0 fully saturated rings. The fourth-order valence-electron chi connectivity index (χ4n) is 2.18. The molecule has 3 rings (SSSR count). The van der Waals surface area contributed by atoms with Gasteiger partial charge in [0.2, 0.25) is 0 Å². The van der Waals surface area contributed by atoms with E-state index in [2.05, 4.69) is 11.1 Å². The molecule has 0 aliphatic carbocycles. The molecule has 1 heterocycles. The number of nitrogens with zero attached hydrogens (tertiary/aromatic N) is 2. The molecule has 0 aliphatic heterocycles. The summed E-state index contributed by atoms with van der Waals surface area (Å²) in [6, 6.07) is 18.9. The summed E-state index contributed by atoms with van der Waals surface area (Å²) in [5.74, 6) is 0.186. The maximum atomic E-state index is 10.1. The first-order chi connectivity index (χ1) is 9.76. The van der Waals surface area contributed by atoms with Crippen molar-refractivity contribution in [1.82, 2.24) is 4.98 Å². The third kappa shape index (κ3) is 2.32. The molecule has 0 radical (unpaired) electrons. The summed E-state index contributed by atoms with van der Waals surface area (Å²) >= 11 is 0. The summed E-state index contributed by atoms with van der Waals surface area (Å²) in [6.07, 6.45) is 0.569. The van der Waals surface area contributed by atoms with Crippen molar-refractivity contribution in [2.75, 3.05) is 0 Å². The van der Waals surface area contributed by atoms with E-state index in [4.69, 9.17) is 5.26 Å². The van der Waals surface area contributed by atoms with E-state index in [0.29, 0.717) is 17.7 Å². The fourth-order valence-corrected chi connectivity index (χ4v) is 2.18. The molecule has 96 valence electrons. The average Bonchev–Trinajstić information content (AvgIpc) is 2.48. The van der Waals surface area contributed by atoms with Gasteiger partial charge in [-0.15, -0.1) is 0 Å². The molecule has 0 amide bonds. The van der Waals surface area contributed by atoms with Gasteiger partial charge in [-0.3, -0.25) is 0 Å². The Labute approximate surface area is 116 Å². The molecule has 3 aromatic rings. The van der Waals surface area contributed by atoms with Gasteiger partial charge in [-0.25, -0.2) is 4.98 Å². The van der Waals surface area contributed by atoms with Crippen LogP contribution in [0.5, 0.6) is 5.75 Å². The van der Waals surface area contributed by atoms with Crippen molar-refractivity contribution in [2.24, 2.45) is 0 Å². The van der Waals surface area contributed by atoms with Gasteiger partial charge in [0.05, 0.1) is 22.8 Å². The summed E-state index contributed by atoms with van der Waals surface area (Å²) in [5, 5.41) is 19.8. The van der Waals surface area contributed by atoms with Gasteiger partial charge in [0.1, 0.15) is 5.75 Å². The van der Waals surface area contributed by atoms with Gasteiger partial charge in [-0.2, -0.15) is 5.26 Å². The van der Waals surface area contributed by atoms with Gasteiger partial charge in [0.15, 0.2) is 0 Å². The number of hydrogen-bond donors (Lipinski definition) is 1. The summed E-state index contributed by atoms with van der Waals surface area (Å²) in [6.45, 7) is 0. The smallest absolute Gasteiger partial charge is 0.138 e. The molecule has 0 saturated heterocycles. The SMILES string of the molecule is N#Cc1ccc2cc(O)c(Cc3ccccc3)nc2c1. The zero-order chi connectivity index (χ0) is 13.9. The minimum absolute atomic E-state index is 0.186. The zero-order valence-corrected chi connectivity index (χ0v) is 10.7. The molecule has 3 heteroatoms. The zero-order valence-electron chi connectivity index (χ0n) is 10.7. The third-order valence-corrected chi connectivity index (χ3v) is 3.22. The minimum Gasteiger partial charge on any atom is -0.506 e. The third-order valence-electron chi connectivity index (χ3n) is 3.22. The Bertz CT molecular complexity index is 804. The summed E-state index contributed by atoms with van der Waals surface area (Å²) in [5.41, 5.74) is 3.01. The molecule has 0 unspecified atom stereocenters. The van der Waals surface area contributed by atoms with Gasteiger partial charge < -0.3 is 5.11 Å². The quantitative estimate of drug-likeness (QED) is 0.768. The monoisotopic (exact) mass is 260 g/mol. The Balaban J connectivity index is 2.07. The van der Waals surface area contributed by atoms with Crippen LogP contribution >= 0.6 is 0 Å². The van der Waals surface area contributed by atoms with Crippen molar-refractivity contribution < 1.29 is 5.11 Å². The number of hydrogen-bond acceptors (Lipinski definition) is 3. The van der Waals surface area contributed by atoms with Crippen molar-refractivity contribution in [3.8, 4) is 11.8 Å². The molecule has 0 atom stereocenters. The molecule has 0 bridgehead atoms. The van der Waals surface area contributed by atoms with Gasteiger partial charge in [-0.1, -0.05) is 36.4 Å². The second kappa shape index (κ2) is 5.02. The molecule has 1 aromatic heterocycles. The van der Waals surface area contributed by atoms with E-state index in [1.165, 1.54) is 0 Å². The van der Waals surface area contributed by atoms with Crippen LogP contribution in [-0.2, 0) is 6.42 Å². The van der Waals surface area contributed by atoms with Crippen LogP contribution in [0.15, 0.2) is 54.6 Å². The molecule has 0 aliphatic rings. The molecule has 0 saturated carbocycles. The van der Waals surface area contributed by atoms with E-state index in [9.17, 15) is 5.11 Å². The van der Waals surface area contributed by atoms with Crippen LogP contribution in [0.3, 0.4) is 0 Å². The number of pyridine rings is 1. The first-order valence-corrected chi connectivity index (χ1v) is 6.33. The number of aromatic nitrogens is 1. The molecule has 20 heavy (non-hydrogen) atoms. The summed E-state index contributed by atoms with van der Waals surface area (Å²) in [7, 11) is 0. The maximum Gasteiger partial charge on any atom is 0.138 e. The normalized spacial score (nSPS) is 10.3. The lowest BCUT2D eigenvalue weighted by Gasteiger charge is -2.06. The number of fused-ring (bicyclic) bond motifs is 1. The largest absolute Gasteiger partial charge is 0.506 e. The van der Waals surface area contributed by atoms with Gasteiger partial charge >= 0.3 is 0 Å². The molecule has 3 nitrogen and oxygen atoms in total. The number of benzene rings is 2. The Hall–Kier alpha value is -2.86. The van der Waals surface area contributed by atoms with E-state index in [-0.39, 0.29) is 5.75 Å². The van der Waals surface area contributed by atoms with Crippen LogP contribution in [-0.4, -0.2) is 10.1 Å². The second-order valence-electron chi connectivity index (χ2n) is 4.64. The van der Waals surface area contributed by atoms with E-state index in [1.54, 1.807) is 24.3 Å². The predicted molar refractivity (Wildman–Crippen MR) is 77.4 cm³/mol. The Morgan fingerprint density at radius 1 is 1.05 bits per heavy atom. The predicted octanol–water partition coefficient (Wildman–Crippen LogP) is 3.40. The number of nitriles is 1. The van der Waals surface area contributed by atoms with Crippen molar-refractivity contribution >= 4 is 10.9 Å². The van der Waals surface area contributed by atoms with Crippen LogP contribution < -0.4 is 0 Å². The highest BCUT2D eigenvalue weighted by molar-refractivity contribution is 5.81. The molecule has 2 aromatic carbocycles. The molecular formula is C17H12N2O. The van der Waals surface area contributed by atoms with Crippen LogP contribution in [0, 0.1) is 11.3 Å². The molecule has 0 spiro atoms. The van der Waals surface area contributed by atoms with Crippen LogP contribution in [0.25, 0.3) is 10.9 Å². The number of rotatable bonds is 2. The van der Waals surface area contributed by atoms with E-state index in [0.717, 1.165) is 16.5 Å². The fraction of sp³-hybridized carbons (Fsp3) is 0.0588. The molecular weight excluding hydrogens is 248 g/mol. The highest BCUT2D eigenvalue weighted by atomic mass is 16.3. The highest BCUT2D eigenvalue weighted by Gasteiger charge is 2.07. The molecule has 1 N–H and O–H groups in total. The van der Waals surface area contributed by atoms with Crippen molar-refractivity contribution in [3.63, 3.8) is 0 Å². The van der Waals surface area contributed by atoms with Gasteiger partial charge in [0, 0.05) is 11.8 Å². The summed E-state index contributed by atoms with van der Waals surface area (Å²) in [4.78, 5) is 4.48. The Morgan fingerprint density at radius 2 is 1.85 bits per heavy atom. The first-order valence-electron chi connectivity index (χ1n) is 6.33. The van der Waals surface area contributed by atoms with Crippen molar-refractivity contribution in [1.29, 1.82) is 5.26 Å². The lowest BCUT2D eigenvalue weighted by atomic mass is 10.1. The lowest BCUT2D eigenvalue weighted by Crippen LogP contribution is -1.94. The van der Waals surface area contributed by atoms with Gasteiger partial charge in [-0.05, 0) is 23.8 Å². The first kappa shape index (κ1) is 12.2. The Kier molecular flexibility index (Phi) is 3.06. The Morgan fingerprint density at radius 3 is 2.60 bits per heavy atom. The van der Waals surface area contributed by atoms with E-state index >= 15 is 0 Å². The number of aromatic hydroxyl groups is 1. The maximum absolute atomic E-state index is 10.1. The van der Waals surface area contributed by atoms with Crippen molar-refractivity contribution in [3.05, 3.63) is 71.4 Å². The van der Waals surface area contributed by atoms with Crippen LogP contribution in [0.4, 0.5) is 0 Å².